The zero-order valence-electron chi connectivity index (χ0n) is 11.4. The third-order valence-electron chi connectivity index (χ3n) is 4.26. The van der Waals surface area contributed by atoms with Crippen molar-refractivity contribution >= 4 is 34.8 Å². The number of hydrazine groups is 1. The molecule has 0 radical (unpaired) electrons. The molecule has 3 heterocycles. The van der Waals surface area contributed by atoms with Crippen LogP contribution in [-0.4, -0.2) is 41.6 Å². The number of pyridine rings is 1. The molecule has 3 N–H and O–H groups in total. The van der Waals surface area contributed by atoms with Crippen LogP contribution in [0.15, 0.2) is 6.07 Å². The van der Waals surface area contributed by atoms with E-state index in [1.807, 2.05) is 0 Å². The lowest BCUT2D eigenvalue weighted by Gasteiger charge is -2.43. The van der Waals surface area contributed by atoms with E-state index in [2.05, 4.69) is 27.1 Å². The molecule has 3 rings (SSSR count). The highest BCUT2D eigenvalue weighted by atomic mass is 35.5. The van der Waals surface area contributed by atoms with Crippen molar-refractivity contribution in [3.8, 4) is 0 Å². The molecule has 5 nitrogen and oxygen atoms in total. The van der Waals surface area contributed by atoms with Gasteiger partial charge in [0.25, 0.3) is 0 Å². The highest BCUT2D eigenvalue weighted by Crippen LogP contribution is 2.35. The fourth-order valence-electron chi connectivity index (χ4n) is 3.24. The second-order valence-corrected chi connectivity index (χ2v) is 6.38. The smallest absolute Gasteiger partial charge is 0.161 e. The summed E-state index contributed by atoms with van der Waals surface area (Å²) in [5.41, 5.74) is 2.52. The van der Waals surface area contributed by atoms with Crippen LogP contribution in [0.25, 0.3) is 0 Å². The minimum absolute atomic E-state index is 0.376. The van der Waals surface area contributed by atoms with Gasteiger partial charge in [-0.1, -0.05) is 23.2 Å². The number of nitrogen functional groups attached to an aromatic ring is 1. The Balaban J connectivity index is 1.91. The predicted octanol–water partition coefficient (Wildman–Crippen LogP) is 2.35. The van der Waals surface area contributed by atoms with E-state index in [9.17, 15) is 0 Å². The van der Waals surface area contributed by atoms with Crippen LogP contribution in [0, 0.1) is 0 Å². The molecule has 0 amide bonds. The Kier molecular flexibility index (Phi) is 3.95. The lowest BCUT2D eigenvalue weighted by atomic mass is 10.1. The number of nitrogens with zero attached hydrogens (tertiary/aromatic N) is 3. The molecule has 2 saturated heterocycles. The summed E-state index contributed by atoms with van der Waals surface area (Å²) in [5, 5.41) is 1.01. The van der Waals surface area contributed by atoms with E-state index in [1.54, 1.807) is 6.07 Å². The lowest BCUT2D eigenvalue weighted by Crippen LogP contribution is -2.55. The van der Waals surface area contributed by atoms with Crippen molar-refractivity contribution in [1.82, 2.24) is 9.88 Å². The fraction of sp³-hybridized carbons (Fsp3) is 0.615. The first-order valence-corrected chi connectivity index (χ1v) is 7.69. The average molecular weight is 316 g/mol. The van der Waals surface area contributed by atoms with Crippen molar-refractivity contribution in [2.45, 2.75) is 31.8 Å². The molecule has 2 fully saturated rings. The predicted molar refractivity (Wildman–Crippen MR) is 83.5 cm³/mol. The first kappa shape index (κ1) is 14.2. The van der Waals surface area contributed by atoms with Gasteiger partial charge < -0.3 is 10.3 Å². The second-order valence-electron chi connectivity index (χ2n) is 5.56. The molecule has 20 heavy (non-hydrogen) atoms. The molecule has 2 aliphatic rings. The van der Waals surface area contributed by atoms with Gasteiger partial charge in [-0.2, -0.15) is 0 Å². The molecule has 0 spiro atoms. The monoisotopic (exact) mass is 315 g/mol. The molecular formula is C13H19Cl2N5. The number of hydrogen-bond donors (Lipinski definition) is 2. The number of aromatic nitrogens is 1. The van der Waals surface area contributed by atoms with E-state index in [4.69, 9.17) is 29.0 Å². The van der Waals surface area contributed by atoms with Gasteiger partial charge in [-0.25, -0.2) is 10.8 Å². The minimum atomic E-state index is 0.376. The lowest BCUT2D eigenvalue weighted by molar-refractivity contribution is 0.202. The van der Waals surface area contributed by atoms with Gasteiger partial charge >= 0.3 is 0 Å². The quantitative estimate of drug-likeness (QED) is 0.648. The average Bonchev–Trinajstić information content (AvgIpc) is 2.85. The molecule has 2 aliphatic heterocycles. The van der Waals surface area contributed by atoms with E-state index >= 15 is 0 Å². The summed E-state index contributed by atoms with van der Waals surface area (Å²) < 4.78 is 0. The minimum Gasteiger partial charge on any atom is -0.350 e. The van der Waals surface area contributed by atoms with E-state index in [0.717, 1.165) is 18.9 Å². The summed E-state index contributed by atoms with van der Waals surface area (Å²) in [6.07, 6.45) is 2.53. The first-order chi connectivity index (χ1) is 9.60. The maximum absolute atomic E-state index is 6.33. The second kappa shape index (κ2) is 5.56. The number of hydrogen-bond acceptors (Lipinski definition) is 5. The van der Waals surface area contributed by atoms with Crippen LogP contribution in [0.5, 0.6) is 0 Å². The fourth-order valence-corrected chi connectivity index (χ4v) is 3.76. The van der Waals surface area contributed by atoms with Crippen molar-refractivity contribution < 1.29 is 0 Å². The summed E-state index contributed by atoms with van der Waals surface area (Å²) in [5.74, 6) is 6.68. The van der Waals surface area contributed by atoms with E-state index in [1.165, 1.54) is 19.4 Å². The molecule has 0 aliphatic carbocycles. The van der Waals surface area contributed by atoms with Crippen LogP contribution in [0.4, 0.5) is 11.6 Å². The maximum Gasteiger partial charge on any atom is 0.161 e. The molecule has 110 valence electrons. The van der Waals surface area contributed by atoms with E-state index < -0.39 is 0 Å². The molecule has 2 atom stereocenters. The molecule has 7 heteroatoms. The zero-order chi connectivity index (χ0) is 14.3. The summed E-state index contributed by atoms with van der Waals surface area (Å²) in [6, 6.07) is 2.68. The molecule has 0 bridgehead atoms. The Morgan fingerprint density at radius 2 is 2.15 bits per heavy atom. The number of piperazine rings is 1. The van der Waals surface area contributed by atoms with Crippen molar-refractivity contribution in [2.24, 2.45) is 5.84 Å². The third kappa shape index (κ3) is 2.44. The molecule has 0 saturated carbocycles. The summed E-state index contributed by atoms with van der Waals surface area (Å²) in [6.45, 7) is 5.42. The van der Waals surface area contributed by atoms with Crippen molar-refractivity contribution in [3.05, 3.63) is 16.1 Å². The van der Waals surface area contributed by atoms with Crippen molar-refractivity contribution in [3.63, 3.8) is 0 Å². The van der Waals surface area contributed by atoms with Gasteiger partial charge in [-0.15, -0.1) is 0 Å². The molecule has 2 unspecified atom stereocenters. The summed E-state index contributed by atoms with van der Waals surface area (Å²) >= 11 is 12.4. The Morgan fingerprint density at radius 3 is 2.90 bits per heavy atom. The first-order valence-electron chi connectivity index (χ1n) is 6.93. The van der Waals surface area contributed by atoms with Crippen LogP contribution in [-0.2, 0) is 0 Å². The highest BCUT2D eigenvalue weighted by molar-refractivity contribution is 6.37. The number of halogens is 2. The molecule has 1 aromatic rings. The van der Waals surface area contributed by atoms with Crippen LogP contribution in [0.1, 0.15) is 19.8 Å². The van der Waals surface area contributed by atoms with E-state index in [0.29, 0.717) is 27.9 Å². The number of fused-ring (bicyclic) bond motifs is 1. The van der Waals surface area contributed by atoms with Gasteiger partial charge in [0.05, 0.1) is 10.0 Å². The number of rotatable bonds is 2. The molecule has 1 aromatic heterocycles. The van der Waals surface area contributed by atoms with E-state index in [-0.39, 0.29) is 0 Å². The highest BCUT2D eigenvalue weighted by Gasteiger charge is 2.35. The Bertz CT molecular complexity index is 510. The van der Waals surface area contributed by atoms with Crippen molar-refractivity contribution in [1.29, 1.82) is 0 Å². The van der Waals surface area contributed by atoms with Gasteiger partial charge in [-0.05, 0) is 32.4 Å². The van der Waals surface area contributed by atoms with Gasteiger partial charge in [0.2, 0.25) is 0 Å². The summed E-state index contributed by atoms with van der Waals surface area (Å²) in [4.78, 5) is 9.32. The third-order valence-corrected chi connectivity index (χ3v) is 4.82. The number of anilines is 2. The molecule has 0 aromatic carbocycles. The Labute approximate surface area is 129 Å². The normalized spacial score (nSPS) is 26.7. The number of nitrogens with two attached hydrogens (primary N) is 1. The van der Waals surface area contributed by atoms with Crippen LogP contribution in [0.3, 0.4) is 0 Å². The van der Waals surface area contributed by atoms with Crippen LogP contribution < -0.4 is 16.2 Å². The zero-order valence-corrected chi connectivity index (χ0v) is 13.0. The maximum atomic E-state index is 6.33. The summed E-state index contributed by atoms with van der Waals surface area (Å²) in [7, 11) is 0. The topological polar surface area (TPSA) is 57.4 Å². The number of nitrogens with one attached hydrogen (secondary N) is 1. The van der Waals surface area contributed by atoms with Gasteiger partial charge in [0.15, 0.2) is 5.82 Å². The van der Waals surface area contributed by atoms with Crippen LogP contribution >= 0.6 is 23.2 Å². The SMILES string of the molecule is CC1CN2CCCC2CN1c1nc(NN)c(Cl)cc1Cl. The van der Waals surface area contributed by atoms with Crippen LogP contribution in [0.2, 0.25) is 10.0 Å². The molecular weight excluding hydrogens is 297 g/mol. The standard InChI is InChI=1S/C13H19Cl2N5/c1-8-6-19-4-2-3-9(19)7-20(8)13-11(15)5-10(14)12(17-13)18-16/h5,8-9H,2-4,6-7,16H2,1H3,(H,17,18). The Hall–Kier alpha value is -0.750. The largest absolute Gasteiger partial charge is 0.350 e. The van der Waals surface area contributed by atoms with Gasteiger partial charge in [0, 0.05) is 25.2 Å². The van der Waals surface area contributed by atoms with Gasteiger partial charge in [-0.3, -0.25) is 4.90 Å². The van der Waals surface area contributed by atoms with Crippen molar-refractivity contribution in [2.75, 3.05) is 30.0 Å². The van der Waals surface area contributed by atoms with Gasteiger partial charge in [0.1, 0.15) is 5.82 Å². The Morgan fingerprint density at radius 1 is 1.35 bits per heavy atom.